The molecular formula is C17H17N3O. The third-order valence-electron chi connectivity index (χ3n) is 3.31. The first-order valence-corrected chi connectivity index (χ1v) is 6.89. The van der Waals surface area contributed by atoms with Gasteiger partial charge in [0.15, 0.2) is 0 Å². The number of benzene rings is 2. The van der Waals surface area contributed by atoms with Crippen LogP contribution in [0.15, 0.2) is 66.9 Å². The van der Waals surface area contributed by atoms with Crippen LogP contribution in [0.5, 0.6) is 0 Å². The summed E-state index contributed by atoms with van der Waals surface area (Å²) < 4.78 is 1.86. The van der Waals surface area contributed by atoms with Gasteiger partial charge < -0.3 is 10.4 Å². The minimum Gasteiger partial charge on any atom is -0.392 e. The number of aliphatic hydroxyl groups excluding tert-OH is 1. The Hall–Kier alpha value is -2.59. The summed E-state index contributed by atoms with van der Waals surface area (Å²) in [6.07, 6.45) is 1.95. The first-order chi connectivity index (χ1) is 10.4. The van der Waals surface area contributed by atoms with E-state index in [0.29, 0.717) is 6.54 Å². The average Bonchev–Trinajstić information content (AvgIpc) is 3.03. The van der Waals surface area contributed by atoms with Gasteiger partial charge in [0.05, 0.1) is 24.5 Å². The average molecular weight is 279 g/mol. The molecule has 2 aromatic carbocycles. The van der Waals surface area contributed by atoms with Crippen molar-refractivity contribution in [3.05, 3.63) is 78.1 Å². The fourth-order valence-corrected chi connectivity index (χ4v) is 2.20. The summed E-state index contributed by atoms with van der Waals surface area (Å²) in [5.74, 6) is 0. The van der Waals surface area contributed by atoms with Gasteiger partial charge in [-0.1, -0.05) is 36.4 Å². The normalized spacial score (nSPS) is 10.5. The number of nitrogens with zero attached hydrogens (tertiary/aromatic N) is 2. The minimum atomic E-state index is 0.0294. The number of para-hydroxylation sites is 2. The lowest BCUT2D eigenvalue weighted by Gasteiger charge is -2.08. The number of anilines is 1. The highest BCUT2D eigenvalue weighted by atomic mass is 16.3. The first-order valence-electron chi connectivity index (χ1n) is 6.89. The second kappa shape index (κ2) is 6.24. The largest absolute Gasteiger partial charge is 0.392 e. The molecule has 21 heavy (non-hydrogen) atoms. The molecule has 0 radical (unpaired) electrons. The number of aliphatic hydroxyl groups is 1. The topological polar surface area (TPSA) is 50.1 Å². The zero-order valence-electron chi connectivity index (χ0n) is 11.6. The van der Waals surface area contributed by atoms with Gasteiger partial charge in [-0.25, -0.2) is 4.68 Å². The van der Waals surface area contributed by atoms with Crippen LogP contribution in [0.3, 0.4) is 0 Å². The molecule has 0 aliphatic carbocycles. The van der Waals surface area contributed by atoms with Crippen LogP contribution in [-0.4, -0.2) is 14.9 Å². The van der Waals surface area contributed by atoms with E-state index in [1.807, 2.05) is 71.5 Å². The van der Waals surface area contributed by atoms with Gasteiger partial charge in [0.25, 0.3) is 0 Å². The van der Waals surface area contributed by atoms with E-state index in [1.165, 1.54) is 0 Å². The number of rotatable bonds is 5. The Morgan fingerprint density at radius 1 is 0.952 bits per heavy atom. The Balaban J connectivity index is 1.71. The summed E-state index contributed by atoms with van der Waals surface area (Å²) in [5.41, 5.74) is 3.82. The van der Waals surface area contributed by atoms with E-state index in [4.69, 9.17) is 0 Å². The molecule has 0 fully saturated rings. The molecule has 1 heterocycles. The zero-order chi connectivity index (χ0) is 14.5. The predicted molar refractivity (Wildman–Crippen MR) is 83.3 cm³/mol. The number of hydrogen-bond donors (Lipinski definition) is 2. The van der Waals surface area contributed by atoms with E-state index in [-0.39, 0.29) is 6.61 Å². The van der Waals surface area contributed by atoms with Gasteiger partial charge in [0.1, 0.15) is 0 Å². The molecule has 1 aromatic heterocycles. The van der Waals surface area contributed by atoms with Crippen LogP contribution in [-0.2, 0) is 13.2 Å². The Labute approximate surface area is 123 Å². The number of aromatic nitrogens is 2. The van der Waals surface area contributed by atoms with Crippen LogP contribution >= 0.6 is 0 Å². The van der Waals surface area contributed by atoms with Crippen molar-refractivity contribution in [2.75, 3.05) is 5.32 Å². The van der Waals surface area contributed by atoms with Crippen molar-refractivity contribution in [1.29, 1.82) is 0 Å². The highest BCUT2D eigenvalue weighted by Crippen LogP contribution is 2.16. The van der Waals surface area contributed by atoms with E-state index in [1.54, 1.807) is 0 Å². The molecular weight excluding hydrogens is 262 g/mol. The maximum atomic E-state index is 9.31. The van der Waals surface area contributed by atoms with E-state index < -0.39 is 0 Å². The Morgan fingerprint density at radius 3 is 2.52 bits per heavy atom. The van der Waals surface area contributed by atoms with E-state index in [9.17, 15) is 5.11 Å². The van der Waals surface area contributed by atoms with E-state index in [0.717, 1.165) is 22.6 Å². The van der Waals surface area contributed by atoms with Crippen molar-refractivity contribution in [2.24, 2.45) is 0 Å². The summed E-state index contributed by atoms with van der Waals surface area (Å²) in [4.78, 5) is 0. The lowest BCUT2D eigenvalue weighted by molar-refractivity contribution is 0.282. The monoisotopic (exact) mass is 279 g/mol. The summed E-state index contributed by atoms with van der Waals surface area (Å²) in [5, 5.41) is 17.2. The Bertz CT molecular complexity index is 707. The SMILES string of the molecule is OCc1ccccc1NCc1ccn(-c2ccccc2)n1. The molecule has 0 saturated carbocycles. The zero-order valence-corrected chi connectivity index (χ0v) is 11.6. The van der Waals surface area contributed by atoms with Gasteiger partial charge in [-0.05, 0) is 24.3 Å². The van der Waals surface area contributed by atoms with Crippen molar-refractivity contribution >= 4 is 5.69 Å². The highest BCUT2D eigenvalue weighted by Gasteiger charge is 2.03. The smallest absolute Gasteiger partial charge is 0.0819 e. The molecule has 4 heteroatoms. The van der Waals surface area contributed by atoms with Crippen LogP contribution in [0.2, 0.25) is 0 Å². The second-order valence-electron chi connectivity index (χ2n) is 4.76. The predicted octanol–water partition coefficient (Wildman–Crippen LogP) is 2.98. The van der Waals surface area contributed by atoms with Gasteiger partial charge in [0, 0.05) is 17.4 Å². The summed E-state index contributed by atoms with van der Waals surface area (Å²) in [7, 11) is 0. The summed E-state index contributed by atoms with van der Waals surface area (Å²) in [6, 6.07) is 19.7. The fraction of sp³-hybridized carbons (Fsp3) is 0.118. The minimum absolute atomic E-state index is 0.0294. The van der Waals surface area contributed by atoms with Crippen molar-refractivity contribution in [2.45, 2.75) is 13.2 Å². The van der Waals surface area contributed by atoms with Gasteiger partial charge in [-0.3, -0.25) is 0 Å². The number of nitrogens with one attached hydrogen (secondary N) is 1. The van der Waals surface area contributed by atoms with Gasteiger partial charge in [0.2, 0.25) is 0 Å². The van der Waals surface area contributed by atoms with Crippen molar-refractivity contribution in [3.63, 3.8) is 0 Å². The standard InChI is InChI=1S/C17H17N3O/c21-13-14-6-4-5-9-17(14)18-12-15-10-11-20(19-15)16-7-2-1-3-8-16/h1-11,18,21H,12-13H2. The maximum Gasteiger partial charge on any atom is 0.0819 e. The van der Waals surface area contributed by atoms with Crippen molar-refractivity contribution in [3.8, 4) is 5.69 Å². The van der Waals surface area contributed by atoms with Crippen LogP contribution in [0, 0.1) is 0 Å². The third kappa shape index (κ3) is 3.12. The van der Waals surface area contributed by atoms with Gasteiger partial charge in [-0.2, -0.15) is 5.10 Å². The molecule has 3 aromatic rings. The van der Waals surface area contributed by atoms with E-state index in [2.05, 4.69) is 10.4 Å². The molecule has 3 rings (SSSR count). The lowest BCUT2D eigenvalue weighted by Crippen LogP contribution is -2.04. The summed E-state index contributed by atoms with van der Waals surface area (Å²) >= 11 is 0. The van der Waals surface area contributed by atoms with Crippen molar-refractivity contribution in [1.82, 2.24) is 9.78 Å². The van der Waals surface area contributed by atoms with Gasteiger partial charge in [-0.15, -0.1) is 0 Å². The number of hydrogen-bond acceptors (Lipinski definition) is 3. The molecule has 0 amide bonds. The lowest BCUT2D eigenvalue weighted by atomic mass is 10.2. The first kappa shape index (κ1) is 13.4. The van der Waals surface area contributed by atoms with Gasteiger partial charge >= 0.3 is 0 Å². The molecule has 0 saturated heterocycles. The quantitative estimate of drug-likeness (QED) is 0.755. The fourth-order valence-electron chi connectivity index (χ4n) is 2.20. The van der Waals surface area contributed by atoms with Crippen LogP contribution in [0.25, 0.3) is 5.69 Å². The molecule has 4 nitrogen and oxygen atoms in total. The molecule has 0 atom stereocenters. The van der Waals surface area contributed by atoms with Crippen LogP contribution in [0.4, 0.5) is 5.69 Å². The molecule has 0 spiro atoms. The Kier molecular flexibility index (Phi) is 3.98. The molecule has 0 bridgehead atoms. The summed E-state index contributed by atoms with van der Waals surface area (Å²) in [6.45, 7) is 0.651. The highest BCUT2D eigenvalue weighted by molar-refractivity contribution is 5.50. The van der Waals surface area contributed by atoms with Crippen molar-refractivity contribution < 1.29 is 5.11 Å². The van der Waals surface area contributed by atoms with E-state index >= 15 is 0 Å². The molecule has 106 valence electrons. The van der Waals surface area contributed by atoms with Crippen LogP contribution < -0.4 is 5.32 Å². The van der Waals surface area contributed by atoms with Crippen LogP contribution in [0.1, 0.15) is 11.3 Å². The molecule has 0 aliphatic rings. The second-order valence-corrected chi connectivity index (χ2v) is 4.76. The molecule has 2 N–H and O–H groups in total. The molecule has 0 aliphatic heterocycles. The maximum absolute atomic E-state index is 9.31. The Morgan fingerprint density at radius 2 is 1.71 bits per heavy atom. The molecule has 0 unspecified atom stereocenters. The third-order valence-corrected chi connectivity index (χ3v) is 3.31.